The van der Waals surface area contributed by atoms with Crippen molar-refractivity contribution in [3.63, 3.8) is 0 Å². The molecule has 1 heterocycles. The first-order valence-corrected chi connectivity index (χ1v) is 6.98. The Kier molecular flexibility index (Phi) is 4.43. The Morgan fingerprint density at radius 1 is 1.22 bits per heavy atom. The van der Waals surface area contributed by atoms with Crippen molar-refractivity contribution in [1.29, 1.82) is 0 Å². The van der Waals surface area contributed by atoms with Crippen LogP contribution < -0.4 is 5.32 Å². The molecule has 2 aromatic rings. The van der Waals surface area contributed by atoms with Gasteiger partial charge in [-0.1, -0.05) is 26.3 Å². The van der Waals surface area contributed by atoms with Gasteiger partial charge in [-0.2, -0.15) is 0 Å². The minimum absolute atomic E-state index is 0.316. The molecule has 98 valence electrons. The first-order valence-electron chi connectivity index (χ1n) is 6.98. The largest absolute Gasteiger partial charge is 0.459 e. The normalized spacial score (nSPS) is 13.1. The molecule has 0 spiro atoms. The fraction of sp³-hybridized carbons (Fsp3) is 0.500. The summed E-state index contributed by atoms with van der Waals surface area (Å²) in [5.41, 5.74) is 2.41. The number of unbranched alkanes of at least 4 members (excludes halogenated alkanes) is 1. The molecule has 0 aliphatic heterocycles. The molecule has 1 aromatic heterocycles. The highest BCUT2D eigenvalue weighted by molar-refractivity contribution is 5.78. The van der Waals surface area contributed by atoms with Gasteiger partial charge in [-0.15, -0.1) is 0 Å². The van der Waals surface area contributed by atoms with Gasteiger partial charge in [0.2, 0.25) is 0 Å². The maximum atomic E-state index is 5.91. The number of aryl methyl sites for hydroxylation is 1. The van der Waals surface area contributed by atoms with Crippen molar-refractivity contribution in [2.45, 2.75) is 45.6 Å². The van der Waals surface area contributed by atoms with Crippen molar-refractivity contribution in [3.8, 4) is 0 Å². The predicted molar refractivity (Wildman–Crippen MR) is 76.9 cm³/mol. The van der Waals surface area contributed by atoms with Crippen LogP contribution >= 0.6 is 0 Å². The van der Waals surface area contributed by atoms with Crippen LogP contribution in [0.25, 0.3) is 11.0 Å². The van der Waals surface area contributed by atoms with Crippen molar-refractivity contribution >= 4 is 11.0 Å². The van der Waals surface area contributed by atoms with E-state index in [1.54, 1.807) is 0 Å². The van der Waals surface area contributed by atoms with Crippen LogP contribution in [0.15, 0.2) is 28.7 Å². The second-order valence-electron chi connectivity index (χ2n) is 4.87. The summed E-state index contributed by atoms with van der Waals surface area (Å²) in [4.78, 5) is 0. The zero-order valence-electron chi connectivity index (χ0n) is 11.6. The highest BCUT2D eigenvalue weighted by Crippen LogP contribution is 2.26. The zero-order valence-corrected chi connectivity index (χ0v) is 11.6. The van der Waals surface area contributed by atoms with Gasteiger partial charge in [0.1, 0.15) is 11.3 Å². The van der Waals surface area contributed by atoms with E-state index >= 15 is 0 Å². The van der Waals surface area contributed by atoms with Gasteiger partial charge >= 0.3 is 0 Å². The molecule has 0 aliphatic carbocycles. The second-order valence-corrected chi connectivity index (χ2v) is 4.87. The molecule has 1 atom stereocenters. The zero-order chi connectivity index (χ0) is 13.0. The highest BCUT2D eigenvalue weighted by atomic mass is 16.3. The third kappa shape index (κ3) is 2.75. The smallest absolute Gasteiger partial charge is 0.134 e. The number of furan rings is 1. The summed E-state index contributed by atoms with van der Waals surface area (Å²) >= 11 is 0. The van der Waals surface area contributed by atoms with E-state index in [9.17, 15) is 0 Å². The third-order valence-electron chi connectivity index (χ3n) is 3.52. The number of benzene rings is 1. The first kappa shape index (κ1) is 13.2. The number of hydrogen-bond acceptors (Lipinski definition) is 2. The molecule has 1 unspecified atom stereocenters. The average molecular weight is 245 g/mol. The molecule has 0 radical (unpaired) electrons. The van der Waals surface area contributed by atoms with E-state index in [1.165, 1.54) is 23.8 Å². The van der Waals surface area contributed by atoms with Crippen molar-refractivity contribution < 1.29 is 4.42 Å². The maximum Gasteiger partial charge on any atom is 0.134 e. The summed E-state index contributed by atoms with van der Waals surface area (Å²) in [7, 11) is 1.98. The molecular formula is C16H23NO. The summed E-state index contributed by atoms with van der Waals surface area (Å²) in [5, 5.41) is 4.51. The number of nitrogens with one attached hydrogen (secondary N) is 1. The second kappa shape index (κ2) is 6.05. The van der Waals surface area contributed by atoms with Crippen molar-refractivity contribution in [1.82, 2.24) is 5.32 Å². The van der Waals surface area contributed by atoms with Crippen molar-refractivity contribution in [2.75, 3.05) is 7.05 Å². The molecule has 1 aromatic carbocycles. The van der Waals surface area contributed by atoms with Crippen LogP contribution in [0.3, 0.4) is 0 Å². The van der Waals surface area contributed by atoms with Gasteiger partial charge in [0, 0.05) is 5.39 Å². The SMILES string of the molecule is CCCCc1ccc2oc(C(CC)NC)cc2c1. The quantitative estimate of drug-likeness (QED) is 0.813. The van der Waals surface area contributed by atoms with Gasteiger partial charge in [-0.25, -0.2) is 0 Å². The Hall–Kier alpha value is -1.28. The molecule has 0 saturated carbocycles. The Morgan fingerprint density at radius 2 is 2.06 bits per heavy atom. The molecule has 2 rings (SSSR count). The standard InChI is InChI=1S/C16H23NO/c1-4-6-7-12-8-9-15-13(10-12)11-16(18-15)14(5-2)17-3/h8-11,14,17H,4-7H2,1-3H3. The Morgan fingerprint density at radius 3 is 2.72 bits per heavy atom. The van der Waals surface area contributed by atoms with E-state index in [0.29, 0.717) is 6.04 Å². The van der Waals surface area contributed by atoms with E-state index in [-0.39, 0.29) is 0 Å². The fourth-order valence-corrected chi connectivity index (χ4v) is 2.37. The highest BCUT2D eigenvalue weighted by Gasteiger charge is 2.12. The summed E-state index contributed by atoms with van der Waals surface area (Å²) < 4.78 is 5.91. The molecule has 0 saturated heterocycles. The molecule has 2 nitrogen and oxygen atoms in total. The van der Waals surface area contributed by atoms with Crippen LogP contribution in [0.1, 0.15) is 50.5 Å². The monoisotopic (exact) mass is 245 g/mol. The lowest BCUT2D eigenvalue weighted by Gasteiger charge is -2.09. The number of hydrogen-bond donors (Lipinski definition) is 1. The minimum atomic E-state index is 0.316. The molecule has 1 N–H and O–H groups in total. The first-order chi connectivity index (χ1) is 8.78. The summed E-state index contributed by atoms with van der Waals surface area (Å²) in [5.74, 6) is 1.04. The van der Waals surface area contributed by atoms with E-state index in [0.717, 1.165) is 24.2 Å². The van der Waals surface area contributed by atoms with Gasteiger partial charge in [-0.3, -0.25) is 0 Å². The van der Waals surface area contributed by atoms with Crippen LogP contribution in [0.2, 0.25) is 0 Å². The molecule has 0 bridgehead atoms. The number of fused-ring (bicyclic) bond motifs is 1. The Balaban J connectivity index is 2.27. The summed E-state index contributed by atoms with van der Waals surface area (Å²) in [6, 6.07) is 9.05. The van der Waals surface area contributed by atoms with E-state index in [4.69, 9.17) is 4.42 Å². The van der Waals surface area contributed by atoms with Crippen LogP contribution in [-0.4, -0.2) is 7.05 Å². The van der Waals surface area contributed by atoms with Gasteiger partial charge in [0.15, 0.2) is 0 Å². The lowest BCUT2D eigenvalue weighted by molar-refractivity contribution is 0.444. The molecule has 0 fully saturated rings. The minimum Gasteiger partial charge on any atom is -0.459 e. The van der Waals surface area contributed by atoms with Crippen LogP contribution in [0.4, 0.5) is 0 Å². The summed E-state index contributed by atoms with van der Waals surface area (Å²) in [6.45, 7) is 4.40. The predicted octanol–water partition coefficient (Wildman–Crippen LogP) is 4.45. The van der Waals surface area contributed by atoms with Gasteiger partial charge in [-0.05, 0) is 50.1 Å². The maximum absolute atomic E-state index is 5.91. The van der Waals surface area contributed by atoms with Gasteiger partial charge in [0.05, 0.1) is 6.04 Å². The van der Waals surface area contributed by atoms with Crippen LogP contribution in [0, 0.1) is 0 Å². The van der Waals surface area contributed by atoms with Gasteiger partial charge < -0.3 is 9.73 Å². The summed E-state index contributed by atoms with van der Waals surface area (Å²) in [6.07, 6.45) is 4.70. The molecule has 0 aliphatic rings. The Labute approximate surface area is 109 Å². The molecular weight excluding hydrogens is 222 g/mol. The fourth-order valence-electron chi connectivity index (χ4n) is 2.37. The third-order valence-corrected chi connectivity index (χ3v) is 3.52. The van der Waals surface area contributed by atoms with Crippen molar-refractivity contribution in [2.24, 2.45) is 0 Å². The van der Waals surface area contributed by atoms with E-state index in [2.05, 4.69) is 43.4 Å². The van der Waals surface area contributed by atoms with E-state index in [1.807, 2.05) is 7.05 Å². The molecule has 18 heavy (non-hydrogen) atoms. The van der Waals surface area contributed by atoms with Crippen LogP contribution in [0.5, 0.6) is 0 Å². The molecule has 2 heteroatoms. The lowest BCUT2D eigenvalue weighted by Crippen LogP contribution is -2.14. The van der Waals surface area contributed by atoms with Gasteiger partial charge in [0.25, 0.3) is 0 Å². The Bertz CT molecular complexity index is 497. The van der Waals surface area contributed by atoms with E-state index < -0.39 is 0 Å². The lowest BCUT2D eigenvalue weighted by atomic mass is 10.1. The average Bonchev–Trinajstić information content (AvgIpc) is 2.80. The topological polar surface area (TPSA) is 25.2 Å². The molecule has 0 amide bonds. The van der Waals surface area contributed by atoms with Crippen LogP contribution in [-0.2, 0) is 6.42 Å². The van der Waals surface area contributed by atoms with Crippen molar-refractivity contribution in [3.05, 3.63) is 35.6 Å². The number of rotatable bonds is 6.